The molecule has 7 nitrogen and oxygen atoms in total. The Bertz CT molecular complexity index is 644. The van der Waals surface area contributed by atoms with Gasteiger partial charge in [0.15, 0.2) is 0 Å². The first kappa shape index (κ1) is 16.3. The Morgan fingerprint density at radius 3 is 2.43 bits per heavy atom. The van der Waals surface area contributed by atoms with Crippen LogP contribution in [0.25, 0.3) is 0 Å². The van der Waals surface area contributed by atoms with Crippen LogP contribution >= 0.6 is 0 Å². The molecule has 0 aliphatic rings. The van der Waals surface area contributed by atoms with Crippen molar-refractivity contribution in [1.29, 1.82) is 0 Å². The lowest BCUT2D eigenvalue weighted by molar-refractivity contribution is -0.384. The SMILES string of the molecule is O=C(NCCCOc1ccccc1)Nc1ccc([N+](=O)[O-])cc1. The molecule has 0 radical (unpaired) electrons. The Labute approximate surface area is 133 Å². The summed E-state index contributed by atoms with van der Waals surface area (Å²) in [7, 11) is 0. The zero-order valence-corrected chi connectivity index (χ0v) is 12.4. The van der Waals surface area contributed by atoms with E-state index >= 15 is 0 Å². The second kappa shape index (κ2) is 8.38. The Morgan fingerprint density at radius 2 is 1.78 bits per heavy atom. The maximum atomic E-state index is 11.7. The number of nitro benzene ring substituents is 1. The third kappa shape index (κ3) is 5.66. The van der Waals surface area contributed by atoms with Gasteiger partial charge in [-0.15, -0.1) is 0 Å². The largest absolute Gasteiger partial charge is 0.494 e. The van der Waals surface area contributed by atoms with Gasteiger partial charge in [0.05, 0.1) is 11.5 Å². The van der Waals surface area contributed by atoms with Gasteiger partial charge in [-0.05, 0) is 30.7 Å². The summed E-state index contributed by atoms with van der Waals surface area (Å²) in [6.45, 7) is 0.966. The van der Waals surface area contributed by atoms with Gasteiger partial charge in [-0.25, -0.2) is 4.79 Å². The maximum Gasteiger partial charge on any atom is 0.319 e. The van der Waals surface area contributed by atoms with Crippen LogP contribution in [0.4, 0.5) is 16.2 Å². The molecule has 0 heterocycles. The van der Waals surface area contributed by atoms with Crippen molar-refractivity contribution in [2.45, 2.75) is 6.42 Å². The summed E-state index contributed by atoms with van der Waals surface area (Å²) in [4.78, 5) is 21.7. The van der Waals surface area contributed by atoms with Crippen LogP contribution in [0.2, 0.25) is 0 Å². The molecule has 23 heavy (non-hydrogen) atoms. The van der Waals surface area contributed by atoms with E-state index in [1.807, 2.05) is 30.3 Å². The van der Waals surface area contributed by atoms with Crippen molar-refractivity contribution in [2.24, 2.45) is 0 Å². The fourth-order valence-electron chi connectivity index (χ4n) is 1.82. The van der Waals surface area contributed by atoms with Crippen LogP contribution in [0.5, 0.6) is 5.75 Å². The van der Waals surface area contributed by atoms with Crippen molar-refractivity contribution < 1.29 is 14.5 Å². The predicted octanol–water partition coefficient (Wildman–Crippen LogP) is 3.19. The third-order valence-electron chi connectivity index (χ3n) is 2.95. The van der Waals surface area contributed by atoms with Crippen LogP contribution in [-0.4, -0.2) is 24.1 Å². The number of para-hydroxylation sites is 1. The summed E-state index contributed by atoms with van der Waals surface area (Å²) in [5, 5.41) is 15.8. The van der Waals surface area contributed by atoms with E-state index in [-0.39, 0.29) is 11.7 Å². The Hall–Kier alpha value is -3.09. The van der Waals surface area contributed by atoms with E-state index in [2.05, 4.69) is 10.6 Å². The number of non-ortho nitro benzene ring substituents is 1. The predicted molar refractivity (Wildman–Crippen MR) is 86.7 cm³/mol. The molecule has 2 aromatic rings. The average molecular weight is 315 g/mol. The summed E-state index contributed by atoms with van der Waals surface area (Å²) in [6.07, 6.45) is 0.669. The molecule has 0 atom stereocenters. The van der Waals surface area contributed by atoms with Crippen LogP contribution < -0.4 is 15.4 Å². The molecule has 120 valence electrons. The summed E-state index contributed by atoms with van der Waals surface area (Å²) in [5.41, 5.74) is 0.475. The number of hydrogen-bond acceptors (Lipinski definition) is 4. The highest BCUT2D eigenvalue weighted by Crippen LogP contribution is 2.15. The minimum Gasteiger partial charge on any atom is -0.494 e. The Kier molecular flexibility index (Phi) is 5.93. The second-order valence-electron chi connectivity index (χ2n) is 4.70. The molecular weight excluding hydrogens is 298 g/mol. The first-order chi connectivity index (χ1) is 11.1. The Balaban J connectivity index is 1.64. The highest BCUT2D eigenvalue weighted by molar-refractivity contribution is 5.89. The van der Waals surface area contributed by atoms with E-state index in [9.17, 15) is 14.9 Å². The molecule has 0 bridgehead atoms. The number of nitrogens with one attached hydrogen (secondary N) is 2. The lowest BCUT2D eigenvalue weighted by Gasteiger charge is -2.08. The van der Waals surface area contributed by atoms with Gasteiger partial charge in [-0.2, -0.15) is 0 Å². The first-order valence-corrected chi connectivity index (χ1v) is 7.12. The molecule has 0 spiro atoms. The first-order valence-electron chi connectivity index (χ1n) is 7.12. The van der Waals surface area contributed by atoms with Gasteiger partial charge in [0.2, 0.25) is 0 Å². The summed E-state index contributed by atoms with van der Waals surface area (Å²) in [6, 6.07) is 14.7. The van der Waals surface area contributed by atoms with E-state index in [4.69, 9.17) is 4.74 Å². The molecule has 0 aliphatic heterocycles. The summed E-state index contributed by atoms with van der Waals surface area (Å²) < 4.78 is 5.51. The molecule has 2 rings (SSSR count). The van der Waals surface area contributed by atoms with E-state index in [0.717, 1.165) is 5.75 Å². The molecule has 2 aromatic carbocycles. The van der Waals surface area contributed by atoms with Gasteiger partial charge in [0.1, 0.15) is 5.75 Å². The fourth-order valence-corrected chi connectivity index (χ4v) is 1.82. The number of rotatable bonds is 7. The van der Waals surface area contributed by atoms with Crippen LogP contribution in [-0.2, 0) is 0 Å². The molecule has 0 fully saturated rings. The lowest BCUT2D eigenvalue weighted by Crippen LogP contribution is -2.30. The van der Waals surface area contributed by atoms with Crippen LogP contribution in [0, 0.1) is 10.1 Å². The van der Waals surface area contributed by atoms with Crippen molar-refractivity contribution in [3.05, 3.63) is 64.7 Å². The highest BCUT2D eigenvalue weighted by atomic mass is 16.6. The zero-order valence-electron chi connectivity index (χ0n) is 12.4. The maximum absolute atomic E-state index is 11.7. The van der Waals surface area contributed by atoms with Crippen molar-refractivity contribution in [2.75, 3.05) is 18.5 Å². The minimum absolute atomic E-state index is 0.0194. The summed E-state index contributed by atoms with van der Waals surface area (Å²) >= 11 is 0. The Morgan fingerprint density at radius 1 is 1.09 bits per heavy atom. The van der Waals surface area contributed by atoms with E-state index in [1.165, 1.54) is 24.3 Å². The number of carbonyl (C=O) groups is 1. The molecular formula is C16H17N3O4. The third-order valence-corrected chi connectivity index (χ3v) is 2.95. The van der Waals surface area contributed by atoms with Gasteiger partial charge < -0.3 is 15.4 Å². The molecule has 2 amide bonds. The van der Waals surface area contributed by atoms with Gasteiger partial charge in [-0.1, -0.05) is 18.2 Å². The van der Waals surface area contributed by atoms with E-state index in [1.54, 1.807) is 0 Å². The average Bonchev–Trinajstić information content (AvgIpc) is 2.56. The smallest absolute Gasteiger partial charge is 0.319 e. The molecule has 2 N–H and O–H groups in total. The minimum atomic E-state index is -0.489. The van der Waals surface area contributed by atoms with Gasteiger partial charge in [0.25, 0.3) is 5.69 Å². The fraction of sp³-hybridized carbons (Fsp3) is 0.188. The van der Waals surface area contributed by atoms with Crippen molar-refractivity contribution in [1.82, 2.24) is 5.32 Å². The van der Waals surface area contributed by atoms with Crippen molar-refractivity contribution in [3.63, 3.8) is 0 Å². The van der Waals surface area contributed by atoms with Gasteiger partial charge in [0, 0.05) is 24.4 Å². The number of amides is 2. The molecule has 0 aliphatic carbocycles. The van der Waals surface area contributed by atoms with Crippen LogP contribution in [0.15, 0.2) is 54.6 Å². The van der Waals surface area contributed by atoms with E-state index < -0.39 is 4.92 Å². The number of nitro groups is 1. The van der Waals surface area contributed by atoms with Gasteiger partial charge >= 0.3 is 6.03 Å². The quantitative estimate of drug-likeness (QED) is 0.466. The number of nitrogens with zero attached hydrogens (tertiary/aromatic N) is 1. The summed E-state index contributed by atoms with van der Waals surface area (Å²) in [5.74, 6) is 0.794. The topological polar surface area (TPSA) is 93.5 Å². The van der Waals surface area contributed by atoms with Crippen molar-refractivity contribution in [3.8, 4) is 5.75 Å². The number of benzene rings is 2. The van der Waals surface area contributed by atoms with Crippen molar-refractivity contribution >= 4 is 17.4 Å². The van der Waals surface area contributed by atoms with Crippen LogP contribution in [0.3, 0.4) is 0 Å². The standard InChI is InChI=1S/C16H17N3O4/c20-16(18-13-7-9-14(10-8-13)19(21)22)17-11-4-12-23-15-5-2-1-3-6-15/h1-3,5-10H,4,11-12H2,(H2,17,18,20). The van der Waals surface area contributed by atoms with E-state index in [0.29, 0.717) is 25.3 Å². The highest BCUT2D eigenvalue weighted by Gasteiger charge is 2.05. The number of carbonyl (C=O) groups excluding carboxylic acids is 1. The molecule has 0 unspecified atom stereocenters. The van der Waals surface area contributed by atoms with Gasteiger partial charge in [-0.3, -0.25) is 10.1 Å². The molecule has 0 saturated carbocycles. The number of hydrogen-bond donors (Lipinski definition) is 2. The molecule has 0 saturated heterocycles. The number of ether oxygens (including phenoxy) is 1. The zero-order chi connectivity index (χ0) is 16.5. The van der Waals surface area contributed by atoms with Crippen LogP contribution in [0.1, 0.15) is 6.42 Å². The number of urea groups is 1. The second-order valence-corrected chi connectivity index (χ2v) is 4.70. The normalized spacial score (nSPS) is 9.91. The lowest BCUT2D eigenvalue weighted by atomic mass is 10.3. The monoisotopic (exact) mass is 315 g/mol. The molecule has 0 aromatic heterocycles. The number of anilines is 1. The molecule has 7 heteroatoms.